The molecule has 0 spiro atoms. The van der Waals surface area contributed by atoms with Crippen molar-refractivity contribution in [1.82, 2.24) is 10.6 Å². The number of anilines is 1. The van der Waals surface area contributed by atoms with Crippen LogP contribution in [-0.2, 0) is 6.54 Å². The highest BCUT2D eigenvalue weighted by Gasteiger charge is 2.25. The highest BCUT2D eigenvalue weighted by Crippen LogP contribution is 2.33. The lowest BCUT2D eigenvalue weighted by atomic mass is 10.1. The fourth-order valence-corrected chi connectivity index (χ4v) is 3.68. The van der Waals surface area contributed by atoms with Crippen molar-refractivity contribution < 1.29 is 9.53 Å². The Bertz CT molecular complexity index is 925. The topological polar surface area (TPSA) is 92.0 Å². The van der Waals surface area contributed by atoms with Crippen molar-refractivity contribution in [1.29, 1.82) is 0 Å². The number of nitrogens with two attached hydrogens (primary N) is 1. The number of nitrogens with one attached hydrogen (secondary N) is 2. The van der Waals surface area contributed by atoms with Crippen molar-refractivity contribution in [3.63, 3.8) is 0 Å². The number of benzene rings is 2. The monoisotopic (exact) mass is 557 g/mol. The number of halogens is 2. The molecule has 0 saturated carbocycles. The van der Waals surface area contributed by atoms with Crippen molar-refractivity contribution in [3.8, 4) is 5.75 Å². The predicted octanol–water partition coefficient (Wildman–Crippen LogP) is 3.40. The molecule has 1 aliphatic heterocycles. The van der Waals surface area contributed by atoms with Gasteiger partial charge in [-0.05, 0) is 49.2 Å². The minimum atomic E-state index is -0.437. The molecule has 4 N–H and O–H groups in total. The first-order valence-corrected chi connectivity index (χ1v) is 10.4. The molecule has 0 aliphatic carbocycles. The van der Waals surface area contributed by atoms with Crippen LogP contribution < -0.4 is 26.0 Å². The summed E-state index contributed by atoms with van der Waals surface area (Å²) in [4.78, 5) is 18.3. The molecule has 0 aromatic heterocycles. The van der Waals surface area contributed by atoms with Crippen molar-refractivity contribution >= 4 is 53.1 Å². The molecule has 1 fully saturated rings. The molecule has 7 nitrogen and oxygen atoms in total. The second kappa shape index (κ2) is 12.0. The average molecular weight is 558 g/mol. The van der Waals surface area contributed by atoms with E-state index in [1.54, 1.807) is 19.2 Å². The molecular weight excluding hydrogens is 529 g/mol. The van der Waals surface area contributed by atoms with Crippen LogP contribution in [0, 0.1) is 0 Å². The number of methoxy groups -OCH3 is 1. The molecule has 1 atom stereocenters. The summed E-state index contributed by atoms with van der Waals surface area (Å²) in [7, 11) is 1.67. The first kappa shape index (κ1) is 25.1. The van der Waals surface area contributed by atoms with Gasteiger partial charge in [-0.3, -0.25) is 4.79 Å². The van der Waals surface area contributed by atoms with E-state index in [4.69, 9.17) is 22.1 Å². The van der Waals surface area contributed by atoms with Gasteiger partial charge in [-0.2, -0.15) is 0 Å². The van der Waals surface area contributed by atoms with Gasteiger partial charge in [0.15, 0.2) is 5.96 Å². The summed E-state index contributed by atoms with van der Waals surface area (Å²) in [5.41, 5.74) is 7.78. The third-order valence-corrected chi connectivity index (χ3v) is 5.22. The third-order valence-electron chi connectivity index (χ3n) is 4.99. The zero-order chi connectivity index (χ0) is 21.5. The lowest BCUT2D eigenvalue weighted by Crippen LogP contribution is -2.44. The van der Waals surface area contributed by atoms with Crippen molar-refractivity contribution in [2.24, 2.45) is 10.7 Å². The molecule has 3 rings (SSSR count). The largest absolute Gasteiger partial charge is 0.495 e. The number of carbonyl (C=O) groups is 1. The summed E-state index contributed by atoms with van der Waals surface area (Å²) in [5, 5.41) is 7.48. The van der Waals surface area contributed by atoms with Crippen LogP contribution in [0.2, 0.25) is 5.02 Å². The number of amides is 1. The SMILES string of the molecule is CCNC(=NCc1cccc(C(N)=O)c1)NC1CCN(c2cc(Cl)ccc2OC)C1.I. The molecule has 0 bridgehead atoms. The molecule has 1 heterocycles. The Labute approximate surface area is 205 Å². The van der Waals surface area contributed by atoms with Crippen molar-refractivity contribution in [2.45, 2.75) is 25.9 Å². The fourth-order valence-electron chi connectivity index (χ4n) is 3.51. The second-order valence-corrected chi connectivity index (χ2v) is 7.59. The Kier molecular flexibility index (Phi) is 9.70. The zero-order valence-corrected chi connectivity index (χ0v) is 20.8. The maximum Gasteiger partial charge on any atom is 0.248 e. The van der Waals surface area contributed by atoms with Crippen molar-refractivity contribution in [2.75, 3.05) is 31.6 Å². The van der Waals surface area contributed by atoms with Gasteiger partial charge in [0, 0.05) is 36.3 Å². The Morgan fingerprint density at radius 2 is 2.13 bits per heavy atom. The van der Waals surface area contributed by atoms with E-state index in [1.165, 1.54) is 0 Å². The molecular formula is C22H29ClIN5O2. The van der Waals surface area contributed by atoms with Gasteiger partial charge in [-0.25, -0.2) is 4.99 Å². The van der Waals surface area contributed by atoms with E-state index in [0.717, 1.165) is 49.0 Å². The Morgan fingerprint density at radius 1 is 1.32 bits per heavy atom. The van der Waals surface area contributed by atoms with E-state index >= 15 is 0 Å². The maximum absolute atomic E-state index is 11.4. The number of aliphatic imine (C=N–C) groups is 1. The minimum absolute atomic E-state index is 0. The summed E-state index contributed by atoms with van der Waals surface area (Å²) in [6.07, 6.45) is 0.969. The van der Waals surface area contributed by atoms with Gasteiger partial charge in [-0.15, -0.1) is 24.0 Å². The molecule has 168 valence electrons. The summed E-state index contributed by atoms with van der Waals surface area (Å²) in [6.45, 7) is 4.95. The smallest absolute Gasteiger partial charge is 0.248 e. The van der Waals surface area contributed by atoms with Crippen molar-refractivity contribution in [3.05, 3.63) is 58.6 Å². The van der Waals surface area contributed by atoms with Crippen LogP contribution in [0.5, 0.6) is 5.75 Å². The quantitative estimate of drug-likeness (QED) is 0.276. The number of primary amides is 1. The highest BCUT2D eigenvalue weighted by molar-refractivity contribution is 14.0. The van der Waals surface area contributed by atoms with Gasteiger partial charge in [0.1, 0.15) is 5.75 Å². The van der Waals surface area contributed by atoms with Gasteiger partial charge in [0.2, 0.25) is 5.91 Å². The molecule has 9 heteroatoms. The predicted molar refractivity (Wildman–Crippen MR) is 137 cm³/mol. The fraction of sp³-hybridized carbons (Fsp3) is 0.364. The van der Waals surface area contributed by atoms with Crippen LogP contribution in [0.3, 0.4) is 0 Å². The molecule has 1 aliphatic rings. The Balaban J connectivity index is 0.00000341. The number of hydrogen-bond acceptors (Lipinski definition) is 4. The third kappa shape index (κ3) is 6.90. The maximum atomic E-state index is 11.4. The van der Waals surface area contributed by atoms with Gasteiger partial charge in [0.25, 0.3) is 0 Å². The normalized spacial score (nSPS) is 15.9. The highest BCUT2D eigenvalue weighted by atomic mass is 127. The molecule has 31 heavy (non-hydrogen) atoms. The summed E-state index contributed by atoms with van der Waals surface area (Å²) in [6, 6.07) is 13.1. The van der Waals surface area contributed by atoms with Crippen LogP contribution >= 0.6 is 35.6 Å². The Hall–Kier alpha value is -2.20. The van der Waals surface area contributed by atoms with E-state index in [2.05, 4.69) is 20.5 Å². The first-order valence-electron chi connectivity index (χ1n) is 10.0. The number of rotatable bonds is 7. The van der Waals surface area contributed by atoms with Gasteiger partial charge < -0.3 is 26.0 Å². The van der Waals surface area contributed by atoms with Gasteiger partial charge in [0.05, 0.1) is 19.3 Å². The molecule has 2 aromatic carbocycles. The molecule has 1 amide bonds. The zero-order valence-electron chi connectivity index (χ0n) is 17.7. The van der Waals surface area contributed by atoms with Crippen LogP contribution in [0.15, 0.2) is 47.5 Å². The summed E-state index contributed by atoms with van der Waals surface area (Å²) >= 11 is 6.19. The van der Waals surface area contributed by atoms with Crippen LogP contribution in [0.25, 0.3) is 0 Å². The van der Waals surface area contributed by atoms with Crippen LogP contribution in [0.4, 0.5) is 5.69 Å². The summed E-state index contributed by atoms with van der Waals surface area (Å²) in [5.74, 6) is 1.12. The van der Waals surface area contributed by atoms with E-state index in [0.29, 0.717) is 17.1 Å². The number of carbonyl (C=O) groups excluding carboxylic acids is 1. The van der Waals surface area contributed by atoms with E-state index < -0.39 is 5.91 Å². The number of guanidine groups is 1. The number of ether oxygens (including phenoxy) is 1. The van der Waals surface area contributed by atoms with Crippen LogP contribution in [-0.4, -0.2) is 44.7 Å². The lowest BCUT2D eigenvalue weighted by molar-refractivity contribution is 0.1000. The first-order chi connectivity index (χ1) is 14.5. The molecule has 1 unspecified atom stereocenters. The minimum Gasteiger partial charge on any atom is -0.495 e. The molecule has 2 aromatic rings. The molecule has 1 saturated heterocycles. The van der Waals surface area contributed by atoms with Crippen LogP contribution in [0.1, 0.15) is 29.3 Å². The van der Waals surface area contributed by atoms with E-state index in [9.17, 15) is 4.79 Å². The second-order valence-electron chi connectivity index (χ2n) is 7.15. The average Bonchev–Trinajstić information content (AvgIpc) is 3.20. The van der Waals surface area contributed by atoms with Gasteiger partial charge >= 0.3 is 0 Å². The number of nitrogens with zero attached hydrogens (tertiary/aromatic N) is 2. The van der Waals surface area contributed by atoms with E-state index in [-0.39, 0.29) is 30.0 Å². The molecule has 0 radical (unpaired) electrons. The van der Waals surface area contributed by atoms with E-state index in [1.807, 2.05) is 37.3 Å². The number of hydrogen-bond donors (Lipinski definition) is 3. The van der Waals surface area contributed by atoms with Gasteiger partial charge in [-0.1, -0.05) is 23.7 Å². The summed E-state index contributed by atoms with van der Waals surface area (Å²) < 4.78 is 5.49. The Morgan fingerprint density at radius 3 is 2.84 bits per heavy atom. The standard InChI is InChI=1S/C22H28ClN5O2.HI/c1-3-25-22(26-13-15-5-4-6-16(11-15)21(24)29)27-18-9-10-28(14-18)19-12-17(23)7-8-20(19)30-2;/h4-8,11-12,18H,3,9-10,13-14H2,1-2H3,(H2,24,29)(H2,25,26,27);1H. The lowest BCUT2D eigenvalue weighted by Gasteiger charge is -2.22.